The van der Waals surface area contributed by atoms with Crippen LogP contribution in [0.3, 0.4) is 0 Å². The highest BCUT2D eigenvalue weighted by Crippen LogP contribution is 2.15. The van der Waals surface area contributed by atoms with Crippen molar-refractivity contribution in [3.05, 3.63) is 0 Å². The molecular formula is C10H19NO. The first-order chi connectivity index (χ1) is 5.68. The van der Waals surface area contributed by atoms with E-state index >= 15 is 0 Å². The van der Waals surface area contributed by atoms with Crippen LogP contribution in [0.4, 0.5) is 0 Å². The van der Waals surface area contributed by atoms with E-state index in [-0.39, 0.29) is 0 Å². The highest BCUT2D eigenvalue weighted by molar-refractivity contribution is 5.75. The van der Waals surface area contributed by atoms with E-state index in [1.54, 1.807) is 6.92 Å². The SMILES string of the molecule is CC(=O)CCN1CCCC(C)C1. The Balaban J connectivity index is 2.18. The lowest BCUT2D eigenvalue weighted by molar-refractivity contribution is -0.117. The van der Waals surface area contributed by atoms with Crippen molar-refractivity contribution < 1.29 is 4.79 Å². The molecule has 0 N–H and O–H groups in total. The van der Waals surface area contributed by atoms with Crippen LogP contribution in [0.2, 0.25) is 0 Å². The van der Waals surface area contributed by atoms with Gasteiger partial charge in [0.1, 0.15) is 5.78 Å². The number of carbonyl (C=O) groups excluding carboxylic acids is 1. The summed E-state index contributed by atoms with van der Waals surface area (Å²) in [5.41, 5.74) is 0. The van der Waals surface area contributed by atoms with Crippen LogP contribution in [0.1, 0.15) is 33.1 Å². The molecule has 1 heterocycles. The van der Waals surface area contributed by atoms with Gasteiger partial charge in [-0.2, -0.15) is 0 Å². The first-order valence-corrected chi connectivity index (χ1v) is 4.90. The smallest absolute Gasteiger partial charge is 0.131 e. The van der Waals surface area contributed by atoms with Gasteiger partial charge in [-0.05, 0) is 32.2 Å². The van der Waals surface area contributed by atoms with Crippen LogP contribution in [0.15, 0.2) is 0 Å². The van der Waals surface area contributed by atoms with Crippen molar-refractivity contribution in [3.8, 4) is 0 Å². The Morgan fingerprint density at radius 1 is 1.58 bits per heavy atom. The van der Waals surface area contributed by atoms with Crippen LogP contribution in [0, 0.1) is 5.92 Å². The van der Waals surface area contributed by atoms with Gasteiger partial charge >= 0.3 is 0 Å². The molecule has 1 unspecified atom stereocenters. The van der Waals surface area contributed by atoms with Crippen molar-refractivity contribution in [1.29, 1.82) is 0 Å². The van der Waals surface area contributed by atoms with E-state index < -0.39 is 0 Å². The fraction of sp³-hybridized carbons (Fsp3) is 0.900. The summed E-state index contributed by atoms with van der Waals surface area (Å²) in [6, 6.07) is 0. The van der Waals surface area contributed by atoms with E-state index in [9.17, 15) is 4.79 Å². The number of piperidine rings is 1. The van der Waals surface area contributed by atoms with E-state index in [0.29, 0.717) is 5.78 Å². The fourth-order valence-electron chi connectivity index (χ4n) is 1.81. The van der Waals surface area contributed by atoms with Crippen molar-refractivity contribution >= 4 is 5.78 Å². The number of likely N-dealkylation sites (tertiary alicyclic amines) is 1. The van der Waals surface area contributed by atoms with Gasteiger partial charge in [0, 0.05) is 19.5 Å². The Labute approximate surface area is 74.9 Å². The molecule has 0 saturated carbocycles. The zero-order chi connectivity index (χ0) is 8.97. The van der Waals surface area contributed by atoms with E-state index in [1.165, 1.54) is 25.9 Å². The maximum absolute atomic E-state index is 10.7. The van der Waals surface area contributed by atoms with Gasteiger partial charge in [0.2, 0.25) is 0 Å². The summed E-state index contributed by atoms with van der Waals surface area (Å²) < 4.78 is 0. The van der Waals surface area contributed by atoms with Crippen LogP contribution < -0.4 is 0 Å². The summed E-state index contributed by atoms with van der Waals surface area (Å²) >= 11 is 0. The molecule has 12 heavy (non-hydrogen) atoms. The largest absolute Gasteiger partial charge is 0.303 e. The van der Waals surface area contributed by atoms with Crippen molar-refractivity contribution in [3.63, 3.8) is 0 Å². The first-order valence-electron chi connectivity index (χ1n) is 4.90. The summed E-state index contributed by atoms with van der Waals surface area (Å²) in [6.07, 6.45) is 3.39. The van der Waals surface area contributed by atoms with Crippen molar-refractivity contribution in [2.24, 2.45) is 5.92 Å². The van der Waals surface area contributed by atoms with E-state index in [0.717, 1.165) is 18.9 Å². The topological polar surface area (TPSA) is 20.3 Å². The normalized spacial score (nSPS) is 25.7. The van der Waals surface area contributed by atoms with E-state index in [4.69, 9.17) is 0 Å². The first kappa shape index (κ1) is 9.72. The average molecular weight is 169 g/mol. The molecule has 1 aliphatic rings. The number of carbonyl (C=O) groups is 1. The van der Waals surface area contributed by atoms with Crippen LogP contribution in [-0.2, 0) is 4.79 Å². The fourth-order valence-corrected chi connectivity index (χ4v) is 1.81. The van der Waals surface area contributed by atoms with Crippen molar-refractivity contribution in [2.75, 3.05) is 19.6 Å². The number of ketones is 1. The summed E-state index contributed by atoms with van der Waals surface area (Å²) in [4.78, 5) is 13.2. The average Bonchev–Trinajstić information content (AvgIpc) is 2.01. The van der Waals surface area contributed by atoms with Gasteiger partial charge in [0.05, 0.1) is 0 Å². The van der Waals surface area contributed by atoms with Gasteiger partial charge in [-0.1, -0.05) is 6.92 Å². The highest BCUT2D eigenvalue weighted by Gasteiger charge is 2.15. The minimum absolute atomic E-state index is 0.313. The second-order valence-corrected chi connectivity index (χ2v) is 4.00. The molecule has 70 valence electrons. The molecule has 1 fully saturated rings. The molecule has 0 spiro atoms. The van der Waals surface area contributed by atoms with Gasteiger partial charge < -0.3 is 4.90 Å². The third kappa shape index (κ3) is 3.35. The maximum Gasteiger partial charge on any atom is 0.131 e. The van der Waals surface area contributed by atoms with Crippen LogP contribution in [0.25, 0.3) is 0 Å². The minimum Gasteiger partial charge on any atom is -0.303 e. The van der Waals surface area contributed by atoms with Crippen molar-refractivity contribution in [1.82, 2.24) is 4.90 Å². The van der Waals surface area contributed by atoms with Crippen LogP contribution >= 0.6 is 0 Å². The molecule has 0 aromatic heterocycles. The summed E-state index contributed by atoms with van der Waals surface area (Å²) in [5.74, 6) is 1.14. The molecule has 0 amide bonds. The number of nitrogens with zero attached hydrogens (tertiary/aromatic N) is 1. The molecule has 0 radical (unpaired) electrons. The monoisotopic (exact) mass is 169 g/mol. The summed E-state index contributed by atoms with van der Waals surface area (Å²) in [5, 5.41) is 0. The van der Waals surface area contributed by atoms with Gasteiger partial charge in [-0.15, -0.1) is 0 Å². The lowest BCUT2D eigenvalue weighted by atomic mass is 10.0. The van der Waals surface area contributed by atoms with Gasteiger partial charge in [0.15, 0.2) is 0 Å². The Morgan fingerprint density at radius 2 is 2.33 bits per heavy atom. The molecule has 0 bridgehead atoms. The molecule has 2 heteroatoms. The highest BCUT2D eigenvalue weighted by atomic mass is 16.1. The predicted molar refractivity (Wildman–Crippen MR) is 50.1 cm³/mol. The number of rotatable bonds is 3. The standard InChI is InChI=1S/C10H19NO/c1-9-4-3-6-11(8-9)7-5-10(2)12/h9H,3-8H2,1-2H3. The molecule has 1 saturated heterocycles. The lowest BCUT2D eigenvalue weighted by Crippen LogP contribution is -2.35. The summed E-state index contributed by atoms with van der Waals surface area (Å²) in [6.45, 7) is 7.32. The molecule has 0 aromatic carbocycles. The minimum atomic E-state index is 0.313. The molecule has 1 aliphatic heterocycles. The molecule has 1 rings (SSSR count). The van der Waals surface area contributed by atoms with Gasteiger partial charge in [-0.3, -0.25) is 4.79 Å². The van der Waals surface area contributed by atoms with E-state index in [1.807, 2.05) is 0 Å². The molecule has 1 atom stereocenters. The Hall–Kier alpha value is -0.370. The summed E-state index contributed by atoms with van der Waals surface area (Å²) in [7, 11) is 0. The van der Waals surface area contributed by atoms with Crippen LogP contribution in [-0.4, -0.2) is 30.3 Å². The number of hydrogen-bond acceptors (Lipinski definition) is 2. The predicted octanol–water partition coefficient (Wildman–Crippen LogP) is 1.70. The molecule has 2 nitrogen and oxygen atoms in total. The Kier molecular flexibility index (Phi) is 3.73. The number of hydrogen-bond donors (Lipinski definition) is 0. The zero-order valence-corrected chi connectivity index (χ0v) is 8.18. The molecule has 0 aliphatic carbocycles. The van der Waals surface area contributed by atoms with Gasteiger partial charge in [-0.25, -0.2) is 0 Å². The van der Waals surface area contributed by atoms with Gasteiger partial charge in [0.25, 0.3) is 0 Å². The van der Waals surface area contributed by atoms with Crippen LogP contribution in [0.5, 0.6) is 0 Å². The van der Waals surface area contributed by atoms with Crippen molar-refractivity contribution in [2.45, 2.75) is 33.1 Å². The molecule has 0 aromatic rings. The number of Topliss-reactive ketones (excluding diaryl/α,β-unsaturated/α-hetero) is 1. The third-order valence-electron chi connectivity index (χ3n) is 2.52. The Morgan fingerprint density at radius 3 is 2.92 bits per heavy atom. The lowest BCUT2D eigenvalue weighted by Gasteiger charge is -2.30. The molecular weight excluding hydrogens is 150 g/mol. The van der Waals surface area contributed by atoms with E-state index in [2.05, 4.69) is 11.8 Å². The second kappa shape index (κ2) is 4.61. The third-order valence-corrected chi connectivity index (χ3v) is 2.52. The zero-order valence-electron chi connectivity index (χ0n) is 8.18. The second-order valence-electron chi connectivity index (χ2n) is 4.00. The quantitative estimate of drug-likeness (QED) is 0.641. The maximum atomic E-state index is 10.7. The Bertz CT molecular complexity index is 156.